The van der Waals surface area contributed by atoms with Crippen LogP contribution in [0.2, 0.25) is 10.0 Å². The number of nitrogens with one attached hydrogen (secondary N) is 1. The molecule has 0 radical (unpaired) electrons. The Hall–Kier alpha value is -2.42. The predicted octanol–water partition coefficient (Wildman–Crippen LogP) is 5.36. The van der Waals surface area contributed by atoms with Gasteiger partial charge in [-0.1, -0.05) is 41.0 Å². The summed E-state index contributed by atoms with van der Waals surface area (Å²) in [6.07, 6.45) is 1.45. The molecule has 1 heterocycles. The third-order valence-electron chi connectivity index (χ3n) is 4.49. The van der Waals surface area contributed by atoms with Crippen LogP contribution in [0.4, 0.5) is 5.69 Å². The average Bonchev–Trinajstić information content (AvgIpc) is 3.18. The smallest absolute Gasteiger partial charge is 0.234 e. The molecule has 0 spiro atoms. The van der Waals surface area contributed by atoms with E-state index in [2.05, 4.69) is 15.5 Å². The van der Waals surface area contributed by atoms with Crippen LogP contribution in [0, 0.1) is 0 Å². The molecule has 3 aromatic rings. The van der Waals surface area contributed by atoms with Gasteiger partial charge in [-0.15, -0.1) is 10.2 Å². The SMILES string of the molecule is CCn1c(CCCOc2ccc(Cl)cc2Cl)nnc1SCC(=O)Nc1cccc(OC)c1. The zero-order valence-corrected chi connectivity index (χ0v) is 20.1. The second kappa shape index (κ2) is 12.0. The van der Waals surface area contributed by atoms with Crippen molar-refractivity contribution < 1.29 is 14.3 Å². The van der Waals surface area contributed by atoms with Gasteiger partial charge in [-0.25, -0.2) is 0 Å². The molecule has 7 nitrogen and oxygen atoms in total. The van der Waals surface area contributed by atoms with Crippen LogP contribution in [0.25, 0.3) is 0 Å². The number of hydrogen-bond donors (Lipinski definition) is 1. The van der Waals surface area contributed by atoms with Crippen LogP contribution in [0.15, 0.2) is 47.6 Å². The van der Waals surface area contributed by atoms with E-state index in [0.717, 1.165) is 12.2 Å². The van der Waals surface area contributed by atoms with Crippen LogP contribution in [0.3, 0.4) is 0 Å². The number of hydrogen-bond acceptors (Lipinski definition) is 6. The molecule has 0 bridgehead atoms. The molecule has 0 fully saturated rings. The van der Waals surface area contributed by atoms with Gasteiger partial charge in [-0.3, -0.25) is 4.79 Å². The van der Waals surface area contributed by atoms with Gasteiger partial charge in [0.1, 0.15) is 17.3 Å². The fourth-order valence-electron chi connectivity index (χ4n) is 2.96. The molecule has 0 aliphatic rings. The largest absolute Gasteiger partial charge is 0.497 e. The van der Waals surface area contributed by atoms with Crippen molar-refractivity contribution in [1.29, 1.82) is 0 Å². The summed E-state index contributed by atoms with van der Waals surface area (Å²) in [5.74, 6) is 2.25. The Kier molecular flexibility index (Phi) is 9.08. The monoisotopic (exact) mass is 494 g/mol. The van der Waals surface area contributed by atoms with Crippen molar-refractivity contribution in [3.8, 4) is 11.5 Å². The Labute approximate surface area is 201 Å². The van der Waals surface area contributed by atoms with Crippen molar-refractivity contribution in [3.05, 3.63) is 58.3 Å². The van der Waals surface area contributed by atoms with E-state index in [1.807, 2.05) is 29.7 Å². The van der Waals surface area contributed by atoms with Crippen LogP contribution < -0.4 is 14.8 Å². The number of ether oxygens (including phenoxy) is 2. The van der Waals surface area contributed by atoms with E-state index in [0.29, 0.717) is 52.0 Å². The fourth-order valence-corrected chi connectivity index (χ4v) is 4.25. The molecule has 170 valence electrons. The number of aromatic nitrogens is 3. The normalized spacial score (nSPS) is 10.8. The molecule has 0 aliphatic carbocycles. The summed E-state index contributed by atoms with van der Waals surface area (Å²) in [5, 5.41) is 13.2. The van der Waals surface area contributed by atoms with E-state index >= 15 is 0 Å². The summed E-state index contributed by atoms with van der Waals surface area (Å²) in [6.45, 7) is 3.23. The van der Waals surface area contributed by atoms with E-state index in [4.69, 9.17) is 32.7 Å². The molecule has 0 saturated heterocycles. The molecule has 1 N–H and O–H groups in total. The highest BCUT2D eigenvalue weighted by Gasteiger charge is 2.13. The van der Waals surface area contributed by atoms with Crippen molar-refractivity contribution in [3.63, 3.8) is 0 Å². The minimum Gasteiger partial charge on any atom is -0.497 e. The number of carbonyl (C=O) groups excluding carboxylic acids is 1. The Morgan fingerprint density at radius 3 is 2.78 bits per heavy atom. The minimum atomic E-state index is -0.122. The second-order valence-electron chi connectivity index (χ2n) is 6.74. The summed E-state index contributed by atoms with van der Waals surface area (Å²) in [7, 11) is 1.59. The molecule has 2 aromatic carbocycles. The highest BCUT2D eigenvalue weighted by molar-refractivity contribution is 7.99. The van der Waals surface area contributed by atoms with E-state index in [1.165, 1.54) is 11.8 Å². The maximum absolute atomic E-state index is 12.3. The van der Waals surface area contributed by atoms with Gasteiger partial charge < -0.3 is 19.4 Å². The number of nitrogens with zero attached hydrogens (tertiary/aromatic N) is 3. The van der Waals surface area contributed by atoms with E-state index in [9.17, 15) is 4.79 Å². The lowest BCUT2D eigenvalue weighted by Gasteiger charge is -2.10. The number of halogens is 2. The van der Waals surface area contributed by atoms with Gasteiger partial charge in [-0.2, -0.15) is 0 Å². The molecule has 1 amide bonds. The van der Waals surface area contributed by atoms with Gasteiger partial charge in [0.15, 0.2) is 5.16 Å². The topological polar surface area (TPSA) is 78.3 Å². The van der Waals surface area contributed by atoms with E-state index in [1.54, 1.807) is 31.4 Å². The fraction of sp³-hybridized carbons (Fsp3) is 0.318. The van der Waals surface area contributed by atoms with Crippen LogP contribution in [-0.2, 0) is 17.8 Å². The summed E-state index contributed by atoms with van der Waals surface area (Å²) in [5.41, 5.74) is 0.688. The molecule has 0 unspecified atom stereocenters. The molecule has 0 atom stereocenters. The van der Waals surface area contributed by atoms with Crippen molar-refractivity contribution in [2.45, 2.75) is 31.5 Å². The first-order valence-electron chi connectivity index (χ1n) is 10.1. The lowest BCUT2D eigenvalue weighted by Crippen LogP contribution is -2.14. The maximum atomic E-state index is 12.3. The third kappa shape index (κ3) is 6.79. The first-order chi connectivity index (χ1) is 15.5. The predicted molar refractivity (Wildman–Crippen MR) is 128 cm³/mol. The molecule has 32 heavy (non-hydrogen) atoms. The first-order valence-corrected chi connectivity index (χ1v) is 11.8. The Morgan fingerprint density at radius 1 is 1.19 bits per heavy atom. The highest BCUT2D eigenvalue weighted by atomic mass is 35.5. The molecule has 3 rings (SSSR count). The number of aryl methyl sites for hydroxylation is 1. The number of rotatable bonds is 11. The van der Waals surface area contributed by atoms with Gasteiger partial charge in [0.05, 0.1) is 24.5 Å². The zero-order valence-electron chi connectivity index (χ0n) is 17.8. The van der Waals surface area contributed by atoms with Crippen molar-refractivity contribution >= 4 is 46.6 Å². The third-order valence-corrected chi connectivity index (χ3v) is 5.99. The van der Waals surface area contributed by atoms with Gasteiger partial charge in [0.25, 0.3) is 0 Å². The molecular weight excluding hydrogens is 471 g/mol. The van der Waals surface area contributed by atoms with E-state index in [-0.39, 0.29) is 11.7 Å². The Bertz CT molecular complexity index is 1060. The lowest BCUT2D eigenvalue weighted by atomic mass is 10.3. The van der Waals surface area contributed by atoms with Crippen molar-refractivity contribution in [2.24, 2.45) is 0 Å². The standard InChI is InChI=1S/C22H24Cl2N4O3S/c1-3-28-20(8-5-11-31-19-10-9-15(23)12-18(19)24)26-27-22(28)32-14-21(29)25-16-6-4-7-17(13-16)30-2/h4,6-7,9-10,12-13H,3,5,8,11,14H2,1-2H3,(H,25,29). The quantitative estimate of drug-likeness (QED) is 0.285. The van der Waals surface area contributed by atoms with Gasteiger partial charge in [-0.05, 0) is 43.7 Å². The van der Waals surface area contributed by atoms with Crippen LogP contribution in [0.5, 0.6) is 11.5 Å². The number of carbonyl (C=O) groups is 1. The molecule has 1 aromatic heterocycles. The minimum absolute atomic E-state index is 0.122. The van der Waals surface area contributed by atoms with Crippen molar-refractivity contribution in [2.75, 3.05) is 24.8 Å². The van der Waals surface area contributed by atoms with Crippen LogP contribution >= 0.6 is 35.0 Å². The average molecular weight is 495 g/mol. The lowest BCUT2D eigenvalue weighted by molar-refractivity contribution is -0.113. The maximum Gasteiger partial charge on any atom is 0.234 e. The summed E-state index contributed by atoms with van der Waals surface area (Å²) < 4.78 is 12.9. The number of benzene rings is 2. The van der Waals surface area contributed by atoms with Crippen LogP contribution in [0.1, 0.15) is 19.2 Å². The Balaban J connectivity index is 1.48. The van der Waals surface area contributed by atoms with Gasteiger partial charge in [0.2, 0.25) is 5.91 Å². The first kappa shape index (κ1) is 24.2. The van der Waals surface area contributed by atoms with Crippen molar-refractivity contribution in [1.82, 2.24) is 14.8 Å². The molecular formula is C22H24Cl2N4O3S. The van der Waals surface area contributed by atoms with Gasteiger partial charge in [0, 0.05) is 29.7 Å². The van der Waals surface area contributed by atoms with Gasteiger partial charge >= 0.3 is 0 Å². The number of amides is 1. The number of anilines is 1. The van der Waals surface area contributed by atoms with E-state index < -0.39 is 0 Å². The molecule has 0 saturated carbocycles. The summed E-state index contributed by atoms with van der Waals surface area (Å²) in [6, 6.07) is 12.4. The number of thioether (sulfide) groups is 1. The molecule has 0 aliphatic heterocycles. The summed E-state index contributed by atoms with van der Waals surface area (Å²) in [4.78, 5) is 12.3. The zero-order chi connectivity index (χ0) is 22.9. The molecule has 10 heteroatoms. The Morgan fingerprint density at radius 2 is 2.03 bits per heavy atom. The second-order valence-corrected chi connectivity index (χ2v) is 8.52. The number of methoxy groups -OCH3 is 1. The highest BCUT2D eigenvalue weighted by Crippen LogP contribution is 2.27. The summed E-state index contributed by atoms with van der Waals surface area (Å²) >= 11 is 13.4. The van der Waals surface area contributed by atoms with Crippen LogP contribution in [-0.4, -0.2) is 40.1 Å².